The Morgan fingerprint density at radius 2 is 1.93 bits per heavy atom. The Labute approximate surface area is 165 Å². The van der Waals surface area contributed by atoms with E-state index in [2.05, 4.69) is 19.2 Å². The van der Waals surface area contributed by atoms with Crippen LogP contribution < -0.4 is 5.32 Å². The molecular formula is C21H27N3O4. The Hall–Kier alpha value is -3.01. The van der Waals surface area contributed by atoms with Gasteiger partial charge in [0, 0.05) is 18.4 Å². The zero-order valence-corrected chi connectivity index (χ0v) is 16.8. The van der Waals surface area contributed by atoms with Gasteiger partial charge in [0.1, 0.15) is 23.0 Å². The number of ether oxygens (including phenoxy) is 1. The van der Waals surface area contributed by atoms with Crippen LogP contribution in [0, 0.1) is 24.2 Å². The van der Waals surface area contributed by atoms with Crippen molar-refractivity contribution in [2.75, 3.05) is 6.61 Å². The third-order valence-corrected chi connectivity index (χ3v) is 4.38. The summed E-state index contributed by atoms with van der Waals surface area (Å²) in [7, 11) is 0. The number of hydrogen-bond donors (Lipinski definition) is 1. The smallest absolute Gasteiger partial charge is 0.343 e. The van der Waals surface area contributed by atoms with Crippen molar-refractivity contribution in [2.24, 2.45) is 5.92 Å². The Balaban J connectivity index is 1.95. The minimum Gasteiger partial charge on any atom is -0.452 e. The fourth-order valence-corrected chi connectivity index (χ4v) is 2.96. The van der Waals surface area contributed by atoms with Crippen molar-refractivity contribution in [3.05, 3.63) is 41.4 Å². The van der Waals surface area contributed by atoms with Crippen molar-refractivity contribution in [1.82, 2.24) is 9.88 Å². The molecule has 0 fully saturated rings. The molecule has 2 heterocycles. The van der Waals surface area contributed by atoms with Gasteiger partial charge in [-0.25, -0.2) is 4.79 Å². The topological polar surface area (TPSA) is 97.3 Å². The number of esters is 1. The van der Waals surface area contributed by atoms with Crippen LogP contribution in [0.2, 0.25) is 0 Å². The van der Waals surface area contributed by atoms with E-state index < -0.39 is 12.6 Å². The molecule has 0 saturated carbocycles. The number of rotatable bonds is 9. The van der Waals surface area contributed by atoms with Crippen LogP contribution in [0.1, 0.15) is 61.7 Å². The molecule has 2 aromatic rings. The average Bonchev–Trinajstić information content (AvgIpc) is 3.26. The standard InChI is InChI=1S/C21H27N3O4/c1-14(2)8-7-9-15(3)23-18(25)13-27-21(26)19-16(4)28-20(17(19)12-22)24-10-5-6-11-24/h5-6,10-11,14-15H,7-9,13H2,1-4H3,(H,23,25). The predicted octanol–water partition coefficient (Wildman–Crippen LogP) is 3.74. The third kappa shape index (κ3) is 5.49. The molecule has 1 N–H and O–H groups in total. The second-order valence-electron chi connectivity index (χ2n) is 7.28. The highest BCUT2D eigenvalue weighted by Crippen LogP contribution is 2.26. The fraction of sp³-hybridized carbons (Fsp3) is 0.476. The molecule has 0 spiro atoms. The maximum Gasteiger partial charge on any atom is 0.343 e. The molecule has 0 aliphatic heterocycles. The monoisotopic (exact) mass is 385 g/mol. The van der Waals surface area contributed by atoms with Gasteiger partial charge >= 0.3 is 5.97 Å². The first-order chi connectivity index (χ1) is 13.3. The van der Waals surface area contributed by atoms with Gasteiger partial charge in [-0.3, -0.25) is 9.36 Å². The highest BCUT2D eigenvalue weighted by atomic mass is 16.5. The summed E-state index contributed by atoms with van der Waals surface area (Å²) in [6.07, 6.45) is 6.43. The molecule has 7 heteroatoms. The first-order valence-corrected chi connectivity index (χ1v) is 9.46. The zero-order chi connectivity index (χ0) is 20.7. The predicted molar refractivity (Wildman–Crippen MR) is 104 cm³/mol. The van der Waals surface area contributed by atoms with Gasteiger partial charge in [-0.15, -0.1) is 0 Å². The maximum atomic E-state index is 12.4. The molecular weight excluding hydrogens is 358 g/mol. The number of hydrogen-bond acceptors (Lipinski definition) is 5. The van der Waals surface area contributed by atoms with Crippen LogP contribution in [0.3, 0.4) is 0 Å². The lowest BCUT2D eigenvalue weighted by Crippen LogP contribution is -2.35. The van der Waals surface area contributed by atoms with Gasteiger partial charge in [-0.05, 0) is 38.3 Å². The SMILES string of the molecule is Cc1oc(-n2cccc2)c(C#N)c1C(=O)OCC(=O)NC(C)CCCC(C)C. The van der Waals surface area contributed by atoms with Crippen LogP contribution in [-0.2, 0) is 9.53 Å². The normalized spacial score (nSPS) is 11.9. The van der Waals surface area contributed by atoms with Gasteiger partial charge < -0.3 is 14.5 Å². The summed E-state index contributed by atoms with van der Waals surface area (Å²) in [4.78, 5) is 24.5. The lowest BCUT2D eigenvalue weighted by Gasteiger charge is -2.14. The van der Waals surface area contributed by atoms with Crippen LogP contribution in [-0.4, -0.2) is 29.1 Å². The summed E-state index contributed by atoms with van der Waals surface area (Å²) < 4.78 is 12.3. The molecule has 2 rings (SSSR count). The second-order valence-corrected chi connectivity index (χ2v) is 7.28. The third-order valence-electron chi connectivity index (χ3n) is 4.38. The molecule has 0 aliphatic carbocycles. The molecule has 0 saturated heterocycles. The van der Waals surface area contributed by atoms with Crippen molar-refractivity contribution < 1.29 is 18.7 Å². The lowest BCUT2D eigenvalue weighted by atomic mass is 10.0. The molecule has 0 aliphatic rings. The van der Waals surface area contributed by atoms with E-state index in [0.717, 1.165) is 19.3 Å². The number of nitriles is 1. The number of aryl methyl sites for hydroxylation is 1. The quantitative estimate of drug-likeness (QED) is 0.663. The van der Waals surface area contributed by atoms with Crippen LogP contribution in [0.5, 0.6) is 0 Å². The molecule has 28 heavy (non-hydrogen) atoms. The van der Waals surface area contributed by atoms with E-state index >= 15 is 0 Å². The number of nitrogens with one attached hydrogen (secondary N) is 1. The average molecular weight is 385 g/mol. The number of furan rings is 1. The van der Waals surface area contributed by atoms with Crippen molar-refractivity contribution in [3.8, 4) is 12.0 Å². The summed E-state index contributed by atoms with van der Waals surface area (Å²) in [5, 5.41) is 12.3. The van der Waals surface area contributed by atoms with Gasteiger partial charge in [0.05, 0.1) is 0 Å². The molecule has 0 aromatic carbocycles. The van der Waals surface area contributed by atoms with Gasteiger partial charge in [0.25, 0.3) is 5.91 Å². The summed E-state index contributed by atoms with van der Waals surface area (Å²) >= 11 is 0. The van der Waals surface area contributed by atoms with Gasteiger partial charge in [-0.1, -0.05) is 26.7 Å². The zero-order valence-electron chi connectivity index (χ0n) is 16.8. The molecule has 0 radical (unpaired) electrons. The summed E-state index contributed by atoms with van der Waals surface area (Å²) in [5.74, 6) is 0.0372. The van der Waals surface area contributed by atoms with Crippen LogP contribution in [0.4, 0.5) is 0 Å². The molecule has 1 unspecified atom stereocenters. The Morgan fingerprint density at radius 1 is 1.25 bits per heavy atom. The van der Waals surface area contributed by atoms with Crippen molar-refractivity contribution >= 4 is 11.9 Å². The highest BCUT2D eigenvalue weighted by molar-refractivity contribution is 5.95. The van der Waals surface area contributed by atoms with Crippen molar-refractivity contribution in [1.29, 1.82) is 5.26 Å². The fourth-order valence-electron chi connectivity index (χ4n) is 2.96. The summed E-state index contributed by atoms with van der Waals surface area (Å²) in [6, 6.07) is 5.56. The van der Waals surface area contributed by atoms with E-state index in [1.165, 1.54) is 0 Å². The maximum absolute atomic E-state index is 12.4. The summed E-state index contributed by atoms with van der Waals surface area (Å²) in [6.45, 7) is 7.44. The van der Waals surface area contributed by atoms with E-state index in [1.54, 1.807) is 36.0 Å². The minimum atomic E-state index is -0.751. The number of aromatic nitrogens is 1. The highest BCUT2D eigenvalue weighted by Gasteiger charge is 2.26. The van der Waals surface area contributed by atoms with E-state index in [9.17, 15) is 14.9 Å². The molecule has 1 amide bonds. The van der Waals surface area contributed by atoms with Gasteiger partial charge in [-0.2, -0.15) is 5.26 Å². The van der Waals surface area contributed by atoms with E-state index in [4.69, 9.17) is 9.15 Å². The van der Waals surface area contributed by atoms with Crippen LogP contribution in [0.25, 0.3) is 5.88 Å². The molecule has 7 nitrogen and oxygen atoms in total. The Kier molecular flexibility index (Phi) is 7.44. The number of carbonyl (C=O) groups is 2. The first-order valence-electron chi connectivity index (χ1n) is 9.46. The molecule has 150 valence electrons. The van der Waals surface area contributed by atoms with E-state index in [0.29, 0.717) is 5.92 Å². The first kappa shape index (κ1) is 21.3. The Bertz CT molecular complexity index is 844. The second kappa shape index (κ2) is 9.79. The molecule has 2 aromatic heterocycles. The van der Waals surface area contributed by atoms with E-state index in [-0.39, 0.29) is 34.7 Å². The minimum absolute atomic E-state index is 0.00984. The van der Waals surface area contributed by atoms with E-state index in [1.807, 2.05) is 13.0 Å². The van der Waals surface area contributed by atoms with Crippen molar-refractivity contribution in [3.63, 3.8) is 0 Å². The molecule has 0 bridgehead atoms. The molecule has 1 atom stereocenters. The number of nitrogens with zero attached hydrogens (tertiary/aromatic N) is 2. The van der Waals surface area contributed by atoms with Gasteiger partial charge in [0.15, 0.2) is 6.61 Å². The summed E-state index contributed by atoms with van der Waals surface area (Å²) in [5.41, 5.74) is 0.130. The number of amides is 1. The Morgan fingerprint density at radius 3 is 2.54 bits per heavy atom. The number of carbonyl (C=O) groups excluding carboxylic acids is 2. The van der Waals surface area contributed by atoms with Crippen molar-refractivity contribution in [2.45, 2.75) is 53.0 Å². The lowest BCUT2D eigenvalue weighted by molar-refractivity contribution is -0.124. The van der Waals surface area contributed by atoms with Crippen LogP contribution >= 0.6 is 0 Å². The largest absolute Gasteiger partial charge is 0.452 e. The van der Waals surface area contributed by atoms with Crippen LogP contribution in [0.15, 0.2) is 28.9 Å². The van der Waals surface area contributed by atoms with Gasteiger partial charge in [0.2, 0.25) is 5.88 Å².